The molecule has 0 saturated carbocycles. The second kappa shape index (κ2) is 4.57. The number of carbonyl (C=O) groups excluding carboxylic acids is 3. The lowest BCUT2D eigenvalue weighted by Gasteiger charge is -2.13. The van der Waals surface area contributed by atoms with Gasteiger partial charge in [0, 0.05) is 12.1 Å². The van der Waals surface area contributed by atoms with Crippen molar-refractivity contribution in [2.45, 2.75) is 6.92 Å². The highest BCUT2D eigenvalue weighted by molar-refractivity contribution is 6.40. The first-order valence-electron chi connectivity index (χ1n) is 5.42. The number of ketones is 1. The zero-order chi connectivity index (χ0) is 15.0. The molecule has 0 fully saturated rings. The molecule has 1 N–H and O–H groups in total. The quantitative estimate of drug-likeness (QED) is 0.378. The van der Waals surface area contributed by atoms with E-state index >= 15 is 0 Å². The lowest BCUT2D eigenvalue weighted by atomic mass is 10.2. The fourth-order valence-electron chi connectivity index (χ4n) is 1.82. The molecule has 20 heavy (non-hydrogen) atoms. The number of nitro groups is 1. The third-order valence-electron chi connectivity index (χ3n) is 2.71. The summed E-state index contributed by atoms with van der Waals surface area (Å²) in [6.07, 6.45) is 0. The van der Waals surface area contributed by atoms with E-state index in [1.165, 1.54) is 18.2 Å². The van der Waals surface area contributed by atoms with Crippen LogP contribution < -0.4 is 4.90 Å². The molecule has 1 aliphatic heterocycles. The Hall–Kier alpha value is -3.03. The summed E-state index contributed by atoms with van der Waals surface area (Å²) in [6, 6.07) is 4.77. The van der Waals surface area contributed by atoms with Crippen LogP contribution in [0.2, 0.25) is 0 Å². The van der Waals surface area contributed by atoms with E-state index in [4.69, 9.17) is 0 Å². The van der Waals surface area contributed by atoms with Crippen molar-refractivity contribution in [1.29, 1.82) is 0 Å². The third kappa shape index (κ3) is 1.92. The number of aliphatic hydroxyl groups is 1. The van der Waals surface area contributed by atoms with Gasteiger partial charge in [0.2, 0.25) is 0 Å². The lowest BCUT2D eigenvalue weighted by Crippen LogP contribution is -2.32. The maximum atomic E-state index is 11.9. The van der Waals surface area contributed by atoms with Crippen LogP contribution in [0.15, 0.2) is 35.6 Å². The zero-order valence-corrected chi connectivity index (χ0v) is 10.2. The molecule has 1 aliphatic rings. The number of amides is 2. The van der Waals surface area contributed by atoms with Crippen LogP contribution in [0, 0.1) is 10.1 Å². The molecule has 8 nitrogen and oxygen atoms in total. The summed E-state index contributed by atoms with van der Waals surface area (Å²) >= 11 is 0. The highest BCUT2D eigenvalue weighted by Crippen LogP contribution is 2.28. The van der Waals surface area contributed by atoms with Crippen molar-refractivity contribution in [1.82, 2.24) is 0 Å². The Morgan fingerprint density at radius 1 is 1.30 bits per heavy atom. The Kier molecular flexibility index (Phi) is 3.07. The van der Waals surface area contributed by atoms with Crippen LogP contribution >= 0.6 is 0 Å². The van der Waals surface area contributed by atoms with Crippen LogP contribution in [0.1, 0.15) is 6.92 Å². The maximum absolute atomic E-state index is 11.9. The van der Waals surface area contributed by atoms with Gasteiger partial charge in [0.05, 0.1) is 10.6 Å². The van der Waals surface area contributed by atoms with Crippen molar-refractivity contribution in [2.75, 3.05) is 4.90 Å². The number of non-ortho nitro benzene ring substituents is 1. The van der Waals surface area contributed by atoms with Gasteiger partial charge in [-0.15, -0.1) is 0 Å². The van der Waals surface area contributed by atoms with E-state index < -0.39 is 33.9 Å². The summed E-state index contributed by atoms with van der Waals surface area (Å²) in [5.41, 5.74) is -1.03. The number of benzene rings is 1. The maximum Gasteiger partial charge on any atom is 0.301 e. The number of nitrogens with zero attached hydrogens (tertiary/aromatic N) is 2. The summed E-state index contributed by atoms with van der Waals surface area (Å²) < 4.78 is 0. The van der Waals surface area contributed by atoms with Gasteiger partial charge >= 0.3 is 5.91 Å². The zero-order valence-electron chi connectivity index (χ0n) is 10.2. The smallest absolute Gasteiger partial charge is 0.301 e. The van der Waals surface area contributed by atoms with Gasteiger partial charge in [-0.2, -0.15) is 0 Å². The Bertz CT molecular complexity index is 691. The van der Waals surface area contributed by atoms with Crippen LogP contribution in [-0.4, -0.2) is 27.6 Å². The predicted molar refractivity (Wildman–Crippen MR) is 65.9 cm³/mol. The van der Waals surface area contributed by atoms with Gasteiger partial charge in [0.1, 0.15) is 5.57 Å². The first kappa shape index (κ1) is 13.4. The minimum Gasteiger partial charge on any atom is -0.502 e. The summed E-state index contributed by atoms with van der Waals surface area (Å²) in [5, 5.41) is 20.2. The average Bonchev–Trinajstić information content (AvgIpc) is 2.60. The van der Waals surface area contributed by atoms with Crippen LogP contribution in [0.4, 0.5) is 11.4 Å². The van der Waals surface area contributed by atoms with Gasteiger partial charge in [-0.3, -0.25) is 24.5 Å². The number of hydrogen-bond donors (Lipinski definition) is 1. The van der Waals surface area contributed by atoms with Gasteiger partial charge < -0.3 is 5.11 Å². The van der Waals surface area contributed by atoms with Crippen molar-refractivity contribution in [3.8, 4) is 0 Å². The van der Waals surface area contributed by atoms with Gasteiger partial charge in [-0.05, 0) is 13.0 Å². The molecule has 0 aliphatic carbocycles. The normalized spacial score (nSPS) is 14.9. The van der Waals surface area contributed by atoms with E-state index in [1.807, 2.05) is 0 Å². The van der Waals surface area contributed by atoms with Crippen LogP contribution in [0.3, 0.4) is 0 Å². The predicted octanol–water partition coefficient (Wildman–Crippen LogP) is 0.869. The Balaban J connectivity index is 2.49. The molecule has 1 aromatic carbocycles. The summed E-state index contributed by atoms with van der Waals surface area (Å²) in [6.45, 7) is 1.04. The third-order valence-corrected chi connectivity index (χ3v) is 2.71. The first-order chi connectivity index (χ1) is 9.34. The molecule has 102 valence electrons. The number of rotatable bonds is 3. The second-order valence-electron chi connectivity index (χ2n) is 4.00. The SMILES string of the molecule is CC(=O)C1=C(O)C(=O)N(c2cccc([N+](=O)[O-])c2)C1=O. The van der Waals surface area contributed by atoms with Crippen molar-refractivity contribution >= 4 is 29.0 Å². The van der Waals surface area contributed by atoms with Crippen molar-refractivity contribution in [3.05, 3.63) is 45.7 Å². The molecule has 0 unspecified atom stereocenters. The molecule has 8 heteroatoms. The fraction of sp³-hybridized carbons (Fsp3) is 0.0833. The highest BCUT2D eigenvalue weighted by Gasteiger charge is 2.41. The summed E-state index contributed by atoms with van der Waals surface area (Å²) in [7, 11) is 0. The van der Waals surface area contributed by atoms with Crippen molar-refractivity contribution in [3.63, 3.8) is 0 Å². The molecule has 2 rings (SSSR count). The van der Waals surface area contributed by atoms with Gasteiger partial charge in [-0.1, -0.05) is 6.07 Å². The molecule has 0 saturated heterocycles. The Labute approximate surface area is 112 Å². The van der Waals surface area contributed by atoms with Crippen molar-refractivity contribution < 1.29 is 24.4 Å². The van der Waals surface area contributed by atoms with Crippen molar-refractivity contribution in [2.24, 2.45) is 0 Å². The number of carbonyl (C=O) groups is 3. The second-order valence-corrected chi connectivity index (χ2v) is 4.00. The van der Waals surface area contributed by atoms with E-state index in [1.54, 1.807) is 0 Å². The van der Waals surface area contributed by atoms with Gasteiger partial charge in [0.15, 0.2) is 11.5 Å². The number of hydrogen-bond acceptors (Lipinski definition) is 6. The summed E-state index contributed by atoms with van der Waals surface area (Å²) in [5.74, 6) is -3.79. The minimum atomic E-state index is -1.08. The Morgan fingerprint density at radius 2 is 1.95 bits per heavy atom. The molecular formula is C12H8N2O6. The van der Waals surface area contributed by atoms with Gasteiger partial charge in [-0.25, -0.2) is 4.90 Å². The molecule has 1 aromatic rings. The van der Waals surface area contributed by atoms with E-state index in [0.29, 0.717) is 4.90 Å². The standard InChI is InChI=1S/C12H8N2O6/c1-6(15)9-10(16)12(18)13(11(9)17)7-3-2-4-8(5-7)14(19)20/h2-5,16H,1H3. The number of nitro benzene ring substituents is 1. The number of anilines is 1. The average molecular weight is 276 g/mol. The van der Waals surface area contributed by atoms with Crippen LogP contribution in [0.5, 0.6) is 0 Å². The largest absolute Gasteiger partial charge is 0.502 e. The highest BCUT2D eigenvalue weighted by atomic mass is 16.6. The molecule has 0 radical (unpaired) electrons. The van der Waals surface area contributed by atoms with Gasteiger partial charge in [0.25, 0.3) is 11.6 Å². The summed E-state index contributed by atoms with van der Waals surface area (Å²) in [4.78, 5) is 45.5. The molecule has 1 heterocycles. The van der Waals surface area contributed by atoms with Crippen LogP contribution in [0.25, 0.3) is 0 Å². The van der Waals surface area contributed by atoms with Crippen LogP contribution in [-0.2, 0) is 14.4 Å². The molecule has 0 atom stereocenters. The molecule has 0 spiro atoms. The van der Waals surface area contributed by atoms with E-state index in [-0.39, 0.29) is 11.4 Å². The molecule has 0 aromatic heterocycles. The van der Waals surface area contributed by atoms with E-state index in [9.17, 15) is 29.6 Å². The minimum absolute atomic E-state index is 0.0861. The number of aliphatic hydroxyl groups excluding tert-OH is 1. The number of imide groups is 1. The van der Waals surface area contributed by atoms with E-state index in [2.05, 4.69) is 0 Å². The first-order valence-corrected chi connectivity index (χ1v) is 5.42. The molecular weight excluding hydrogens is 268 g/mol. The van der Waals surface area contributed by atoms with E-state index in [0.717, 1.165) is 13.0 Å². The lowest BCUT2D eigenvalue weighted by molar-refractivity contribution is -0.384. The fourth-order valence-corrected chi connectivity index (χ4v) is 1.82. The number of Topliss-reactive ketones (excluding diaryl/α,β-unsaturated/α-hetero) is 1. The Morgan fingerprint density at radius 3 is 2.45 bits per heavy atom. The molecule has 2 amide bonds. The molecule has 0 bridgehead atoms. The monoisotopic (exact) mass is 276 g/mol. The topological polar surface area (TPSA) is 118 Å².